The van der Waals surface area contributed by atoms with Gasteiger partial charge in [0, 0.05) is 4.91 Å². The Morgan fingerprint density at radius 1 is 1.54 bits per heavy atom. The van der Waals surface area contributed by atoms with Gasteiger partial charge in [-0.15, -0.1) is 0 Å². The smallest absolute Gasteiger partial charge is 0.181 e. The molecule has 0 bridgehead atoms. The van der Waals surface area contributed by atoms with E-state index in [1.165, 1.54) is 6.39 Å². The fourth-order valence-corrected chi connectivity index (χ4v) is 1.11. The summed E-state index contributed by atoms with van der Waals surface area (Å²) in [5.74, 6) is 0. The summed E-state index contributed by atoms with van der Waals surface area (Å²) in [7, 11) is 0. The van der Waals surface area contributed by atoms with Crippen molar-refractivity contribution in [2.24, 2.45) is 5.11 Å². The van der Waals surface area contributed by atoms with E-state index in [0.29, 0.717) is 12.1 Å². The topological polar surface area (TPSA) is 74.8 Å². The SMILES string of the molecule is [N-]=[N+]=NCc1ccc2ncoc2c1. The quantitative estimate of drug-likeness (QED) is 0.398. The summed E-state index contributed by atoms with van der Waals surface area (Å²) in [4.78, 5) is 6.65. The maximum atomic E-state index is 8.12. The average Bonchev–Trinajstić information content (AvgIpc) is 2.61. The van der Waals surface area contributed by atoms with Crippen molar-refractivity contribution >= 4 is 11.1 Å². The first-order valence-electron chi connectivity index (χ1n) is 3.73. The molecule has 2 aromatic rings. The zero-order valence-electron chi connectivity index (χ0n) is 6.71. The van der Waals surface area contributed by atoms with Crippen molar-refractivity contribution in [1.82, 2.24) is 4.98 Å². The molecular formula is C8H6N4O. The number of aromatic nitrogens is 1. The molecule has 1 aromatic heterocycles. The summed E-state index contributed by atoms with van der Waals surface area (Å²) in [6.07, 6.45) is 1.39. The van der Waals surface area contributed by atoms with Gasteiger partial charge >= 0.3 is 0 Å². The van der Waals surface area contributed by atoms with E-state index < -0.39 is 0 Å². The van der Waals surface area contributed by atoms with Gasteiger partial charge < -0.3 is 4.42 Å². The highest BCUT2D eigenvalue weighted by Gasteiger charge is 1.98. The predicted molar refractivity (Wildman–Crippen MR) is 46.9 cm³/mol. The number of benzene rings is 1. The third-order valence-electron chi connectivity index (χ3n) is 1.71. The average molecular weight is 174 g/mol. The molecule has 5 nitrogen and oxygen atoms in total. The molecular weight excluding hydrogens is 168 g/mol. The molecule has 0 N–H and O–H groups in total. The first kappa shape index (κ1) is 7.64. The molecule has 0 saturated carbocycles. The lowest BCUT2D eigenvalue weighted by atomic mass is 10.2. The molecule has 1 heterocycles. The number of fused-ring (bicyclic) bond motifs is 1. The van der Waals surface area contributed by atoms with Gasteiger partial charge in [0.25, 0.3) is 0 Å². The van der Waals surface area contributed by atoms with Crippen LogP contribution in [0.25, 0.3) is 21.5 Å². The van der Waals surface area contributed by atoms with Crippen LogP contribution < -0.4 is 0 Å². The highest BCUT2D eigenvalue weighted by atomic mass is 16.3. The van der Waals surface area contributed by atoms with Gasteiger partial charge in [-0.2, -0.15) is 0 Å². The molecule has 0 atom stereocenters. The number of rotatable bonds is 2. The largest absolute Gasteiger partial charge is 0.443 e. The summed E-state index contributed by atoms with van der Waals surface area (Å²) >= 11 is 0. The van der Waals surface area contributed by atoms with E-state index in [4.69, 9.17) is 9.95 Å². The van der Waals surface area contributed by atoms with E-state index in [2.05, 4.69) is 15.0 Å². The van der Waals surface area contributed by atoms with Crippen molar-refractivity contribution < 1.29 is 4.42 Å². The van der Waals surface area contributed by atoms with E-state index in [-0.39, 0.29) is 0 Å². The van der Waals surface area contributed by atoms with Crippen LogP contribution in [0, 0.1) is 0 Å². The van der Waals surface area contributed by atoms with Crippen molar-refractivity contribution in [1.29, 1.82) is 0 Å². The van der Waals surface area contributed by atoms with Gasteiger partial charge in [0.2, 0.25) is 0 Å². The normalized spacial score (nSPS) is 9.85. The second-order valence-electron chi connectivity index (χ2n) is 2.54. The second kappa shape index (κ2) is 3.16. The van der Waals surface area contributed by atoms with E-state index >= 15 is 0 Å². The Morgan fingerprint density at radius 3 is 3.31 bits per heavy atom. The molecule has 0 aliphatic rings. The third kappa shape index (κ3) is 1.45. The summed E-state index contributed by atoms with van der Waals surface area (Å²) in [5, 5.41) is 3.45. The van der Waals surface area contributed by atoms with Crippen LogP contribution in [0.1, 0.15) is 5.56 Å². The number of hydrogen-bond acceptors (Lipinski definition) is 3. The molecule has 0 aliphatic carbocycles. The molecule has 1 aromatic carbocycles. The van der Waals surface area contributed by atoms with Gasteiger partial charge in [-0.25, -0.2) is 4.98 Å². The number of azide groups is 1. The first-order valence-corrected chi connectivity index (χ1v) is 3.73. The monoisotopic (exact) mass is 174 g/mol. The van der Waals surface area contributed by atoms with Crippen LogP contribution in [0.4, 0.5) is 0 Å². The van der Waals surface area contributed by atoms with Crippen LogP contribution in [-0.4, -0.2) is 4.98 Å². The zero-order valence-corrected chi connectivity index (χ0v) is 6.71. The van der Waals surface area contributed by atoms with Gasteiger partial charge in [0.1, 0.15) is 5.52 Å². The van der Waals surface area contributed by atoms with Gasteiger partial charge in [-0.05, 0) is 23.2 Å². The van der Waals surface area contributed by atoms with Crippen LogP contribution >= 0.6 is 0 Å². The van der Waals surface area contributed by atoms with Crippen molar-refractivity contribution in [2.75, 3.05) is 0 Å². The lowest BCUT2D eigenvalue weighted by Gasteiger charge is -1.92. The second-order valence-corrected chi connectivity index (χ2v) is 2.54. The van der Waals surface area contributed by atoms with Crippen LogP contribution in [0.3, 0.4) is 0 Å². The molecule has 0 spiro atoms. The van der Waals surface area contributed by atoms with E-state index in [1.54, 1.807) is 0 Å². The first-order chi connectivity index (χ1) is 6.40. The van der Waals surface area contributed by atoms with Crippen LogP contribution in [0.2, 0.25) is 0 Å². The molecule has 0 saturated heterocycles. The van der Waals surface area contributed by atoms with Crippen molar-refractivity contribution in [3.05, 3.63) is 40.6 Å². The van der Waals surface area contributed by atoms with E-state index in [9.17, 15) is 0 Å². The van der Waals surface area contributed by atoms with Crippen LogP contribution in [0.5, 0.6) is 0 Å². The molecule has 0 unspecified atom stereocenters. The van der Waals surface area contributed by atoms with Crippen molar-refractivity contribution in [2.45, 2.75) is 6.54 Å². The zero-order chi connectivity index (χ0) is 9.10. The maximum absolute atomic E-state index is 8.12. The molecule has 5 heteroatoms. The lowest BCUT2D eigenvalue weighted by Crippen LogP contribution is -1.78. The molecule has 0 aliphatic heterocycles. The fourth-order valence-electron chi connectivity index (χ4n) is 1.11. The van der Waals surface area contributed by atoms with E-state index in [1.807, 2.05) is 18.2 Å². The van der Waals surface area contributed by atoms with Gasteiger partial charge in [-0.1, -0.05) is 11.2 Å². The highest BCUT2D eigenvalue weighted by molar-refractivity contribution is 5.72. The molecule has 2 rings (SSSR count). The summed E-state index contributed by atoms with van der Waals surface area (Å²) in [6.45, 7) is 0.340. The Hall–Kier alpha value is -2.00. The summed E-state index contributed by atoms with van der Waals surface area (Å²) in [6, 6.07) is 5.51. The van der Waals surface area contributed by atoms with Crippen LogP contribution in [-0.2, 0) is 6.54 Å². The standard InChI is InChI=1S/C8H6N4O/c9-12-11-4-6-1-2-7-8(3-6)13-5-10-7/h1-3,5H,4H2. The lowest BCUT2D eigenvalue weighted by molar-refractivity contribution is 0.601. The minimum Gasteiger partial charge on any atom is -0.443 e. The fraction of sp³-hybridized carbons (Fsp3) is 0.125. The summed E-state index contributed by atoms with van der Waals surface area (Å²) < 4.78 is 5.09. The number of nitrogens with zero attached hydrogens (tertiary/aromatic N) is 4. The third-order valence-corrected chi connectivity index (χ3v) is 1.71. The van der Waals surface area contributed by atoms with Crippen LogP contribution in [0.15, 0.2) is 34.1 Å². The minimum absolute atomic E-state index is 0.340. The van der Waals surface area contributed by atoms with Gasteiger partial charge in [0.15, 0.2) is 12.0 Å². The molecule has 0 amide bonds. The maximum Gasteiger partial charge on any atom is 0.181 e. The Bertz CT molecular complexity index is 470. The predicted octanol–water partition coefficient (Wildman–Crippen LogP) is 2.64. The molecule has 0 fully saturated rings. The Labute approximate surface area is 73.6 Å². The number of hydrogen-bond donors (Lipinski definition) is 0. The molecule has 13 heavy (non-hydrogen) atoms. The van der Waals surface area contributed by atoms with Crippen molar-refractivity contribution in [3.63, 3.8) is 0 Å². The van der Waals surface area contributed by atoms with E-state index in [0.717, 1.165) is 11.1 Å². The highest BCUT2D eigenvalue weighted by Crippen LogP contribution is 2.14. The van der Waals surface area contributed by atoms with Gasteiger partial charge in [-0.3, -0.25) is 0 Å². The minimum atomic E-state index is 0.340. The Balaban J connectivity index is 2.42. The summed E-state index contributed by atoms with van der Waals surface area (Å²) in [5.41, 5.74) is 10.6. The molecule has 64 valence electrons. The number of oxazole rings is 1. The Kier molecular flexibility index (Phi) is 1.86. The van der Waals surface area contributed by atoms with Crippen molar-refractivity contribution in [3.8, 4) is 0 Å². The Morgan fingerprint density at radius 2 is 2.46 bits per heavy atom. The van der Waals surface area contributed by atoms with Gasteiger partial charge in [0.05, 0.1) is 6.54 Å². The molecule has 0 radical (unpaired) electrons.